The molecule has 0 radical (unpaired) electrons. The van der Waals surface area contributed by atoms with Crippen LogP contribution in [0.5, 0.6) is 0 Å². The molecule has 6 N–H and O–H groups in total. The molecule has 0 bridgehead atoms. The summed E-state index contributed by atoms with van der Waals surface area (Å²) in [5.41, 5.74) is 10.4. The lowest BCUT2D eigenvalue weighted by atomic mass is 9.72. The number of Topliss-reactive ketones (excluding diaryl/α,β-unsaturated/α-hetero) is 2. The van der Waals surface area contributed by atoms with Crippen LogP contribution in [0, 0.1) is 17.8 Å². The number of carbonyl (C=O) groups excluding carboxylic acids is 3. The molecule has 1 aliphatic heterocycles. The van der Waals surface area contributed by atoms with Crippen LogP contribution in [0.2, 0.25) is 0 Å². The molecule has 1 saturated heterocycles. The lowest BCUT2D eigenvalue weighted by molar-refractivity contribution is -0.149. The number of hydrogen-bond donors (Lipinski definition) is 4. The number of ketones is 2. The van der Waals surface area contributed by atoms with Crippen LogP contribution in [0.4, 0.5) is 5.82 Å². The number of nitrogens with one attached hydrogen (secondary N) is 2. The Kier molecular flexibility index (Phi) is 11.1. The normalized spacial score (nSPS) is 28.5. The van der Waals surface area contributed by atoms with Crippen LogP contribution < -0.4 is 22.1 Å². The van der Waals surface area contributed by atoms with Crippen molar-refractivity contribution in [2.45, 2.75) is 94.9 Å². The molecule has 0 amide bonds. The molecule has 0 spiro atoms. The number of nitrogen functional groups attached to an aromatic ring is 1. The molecule has 6 atom stereocenters. The maximum absolute atomic E-state index is 14.2. The van der Waals surface area contributed by atoms with Gasteiger partial charge < -0.3 is 31.6 Å². The number of guanidine groups is 1. The Morgan fingerprint density at radius 2 is 1.88 bits per heavy atom. The summed E-state index contributed by atoms with van der Waals surface area (Å²) in [7, 11) is 1.59. The number of esters is 1. The highest BCUT2D eigenvalue weighted by Crippen LogP contribution is 2.58. The molecule has 4 aliphatic rings. The molecule has 272 valence electrons. The van der Waals surface area contributed by atoms with Crippen molar-refractivity contribution < 1.29 is 23.9 Å². The van der Waals surface area contributed by atoms with Crippen molar-refractivity contribution in [3.63, 3.8) is 0 Å². The molecule has 2 aromatic rings. The van der Waals surface area contributed by atoms with Crippen molar-refractivity contribution in [1.29, 1.82) is 0 Å². The Balaban J connectivity index is 1.22. The van der Waals surface area contributed by atoms with Gasteiger partial charge in [0.2, 0.25) is 5.78 Å². The number of rotatable bonds is 13. The summed E-state index contributed by atoms with van der Waals surface area (Å²) in [5, 5.41) is 6.96. The maximum Gasteiger partial charge on any atom is 0.350 e. The van der Waals surface area contributed by atoms with Crippen LogP contribution in [0.15, 0.2) is 71.4 Å². The number of nitrogens with zero attached hydrogens (tertiary/aromatic N) is 2. The highest BCUT2D eigenvalue weighted by molar-refractivity contribution is 6.32. The Morgan fingerprint density at radius 1 is 1.14 bits per heavy atom. The minimum atomic E-state index is -2.04. The van der Waals surface area contributed by atoms with E-state index in [-0.39, 0.29) is 48.1 Å². The number of aliphatic imine (C=N–C) groups is 1. The highest BCUT2D eigenvalue weighted by Gasteiger charge is 2.85. The maximum atomic E-state index is 14.2. The molecule has 1 aromatic carbocycles. The summed E-state index contributed by atoms with van der Waals surface area (Å²) in [6, 6.07) is 9.96. The lowest BCUT2D eigenvalue weighted by Gasteiger charge is -2.34. The van der Waals surface area contributed by atoms with E-state index >= 15 is 0 Å². The third kappa shape index (κ3) is 7.37. The van der Waals surface area contributed by atoms with E-state index in [1.165, 1.54) is 32.1 Å². The van der Waals surface area contributed by atoms with Gasteiger partial charge in [-0.25, -0.2) is 9.78 Å². The van der Waals surface area contributed by atoms with Crippen molar-refractivity contribution >= 4 is 29.3 Å². The van der Waals surface area contributed by atoms with Crippen molar-refractivity contribution in [3.8, 4) is 0 Å². The number of carbonyl (C=O) groups is 3. The third-order valence-electron chi connectivity index (χ3n) is 11.3. The summed E-state index contributed by atoms with van der Waals surface area (Å²) in [4.78, 5) is 50.7. The summed E-state index contributed by atoms with van der Waals surface area (Å²) in [5.74, 6) is -0.0241. The van der Waals surface area contributed by atoms with Gasteiger partial charge >= 0.3 is 5.97 Å². The average molecular weight is 697 g/mol. The topological polar surface area (TPSA) is 174 Å². The van der Waals surface area contributed by atoms with E-state index < -0.39 is 28.7 Å². The summed E-state index contributed by atoms with van der Waals surface area (Å²) < 4.78 is 12.2. The van der Waals surface area contributed by atoms with Crippen molar-refractivity contribution in [2.75, 3.05) is 25.9 Å². The van der Waals surface area contributed by atoms with Crippen LogP contribution in [0.3, 0.4) is 0 Å². The number of pyridine rings is 1. The minimum Gasteiger partial charge on any atom is -0.463 e. The smallest absolute Gasteiger partial charge is 0.350 e. The molecule has 2 fully saturated rings. The average Bonchev–Trinajstić information content (AvgIpc) is 3.86. The molecule has 11 heteroatoms. The largest absolute Gasteiger partial charge is 0.463 e. The molecule has 3 aliphatic carbocycles. The van der Waals surface area contributed by atoms with Gasteiger partial charge in [0, 0.05) is 42.8 Å². The van der Waals surface area contributed by atoms with Gasteiger partial charge in [-0.15, -0.1) is 0 Å². The van der Waals surface area contributed by atoms with E-state index in [0.717, 1.165) is 30.5 Å². The van der Waals surface area contributed by atoms with Gasteiger partial charge in [-0.2, -0.15) is 0 Å². The molecule has 1 aromatic heterocycles. The van der Waals surface area contributed by atoms with Crippen molar-refractivity contribution in [1.82, 2.24) is 15.6 Å². The van der Waals surface area contributed by atoms with Crippen LogP contribution in [-0.2, 0) is 14.3 Å². The van der Waals surface area contributed by atoms with E-state index in [4.69, 9.17) is 20.9 Å². The Morgan fingerprint density at radius 3 is 2.59 bits per heavy atom. The van der Waals surface area contributed by atoms with E-state index in [9.17, 15) is 14.4 Å². The first kappa shape index (κ1) is 36.4. The van der Waals surface area contributed by atoms with Gasteiger partial charge in [-0.05, 0) is 75.1 Å². The van der Waals surface area contributed by atoms with Gasteiger partial charge in [0.05, 0.1) is 12.6 Å². The molecule has 2 heterocycles. The zero-order valence-corrected chi connectivity index (χ0v) is 30.0. The summed E-state index contributed by atoms with van der Waals surface area (Å²) >= 11 is 0. The number of nitrogens with two attached hydrogens (primary N) is 2. The SMILES string of the molecule is CCC1C=CC(NCC2CCCCC2)C(COC(=O)C23OC2(CC=C(C)CC(NC(N)=NC)c2ccnc(N)c2)C(=O)c2ccccc2C3=O)C1. The quantitative estimate of drug-likeness (QED) is 0.0542. The first-order valence-corrected chi connectivity index (χ1v) is 18.5. The predicted octanol–water partition coefficient (Wildman–Crippen LogP) is 5.24. The number of anilines is 1. The first-order valence-electron chi connectivity index (χ1n) is 18.5. The van der Waals surface area contributed by atoms with Crippen molar-refractivity contribution in [2.24, 2.45) is 28.5 Å². The van der Waals surface area contributed by atoms with E-state index in [0.29, 0.717) is 24.1 Å². The standard InChI is InChI=1S/C40H52N6O5/c1-4-26-14-15-32(45-23-27-10-6-5-7-11-27)29(21-26)24-50-37(49)40-36(48)31-13-9-8-12-30(31)35(47)39(40,51-40)18-16-25(2)20-33(46-38(42)43-3)28-17-19-44-34(41)22-28/h8-9,12-17,19,22,26-27,29,32-33,45H,4-7,10-11,18,20-21,23-24H2,1-3H3,(H2,41,44)(H3,42,43,46). The van der Waals surface area contributed by atoms with Crippen molar-refractivity contribution in [3.05, 3.63) is 83.1 Å². The second kappa shape index (κ2) is 15.5. The molecular formula is C40H52N6O5. The van der Waals surface area contributed by atoms with Gasteiger partial charge in [-0.3, -0.25) is 14.6 Å². The number of benzene rings is 1. The highest BCUT2D eigenvalue weighted by atomic mass is 16.7. The molecule has 51 heavy (non-hydrogen) atoms. The zero-order valence-electron chi connectivity index (χ0n) is 30.0. The van der Waals surface area contributed by atoms with E-state index in [2.05, 4.69) is 39.7 Å². The minimum absolute atomic E-state index is 0.0189. The van der Waals surface area contributed by atoms with Crippen LogP contribution >= 0.6 is 0 Å². The molecule has 6 unspecified atom stereocenters. The monoisotopic (exact) mass is 696 g/mol. The molecule has 1 saturated carbocycles. The second-order valence-corrected chi connectivity index (χ2v) is 14.7. The number of ether oxygens (including phenoxy) is 2. The number of allylic oxidation sites excluding steroid dienone is 1. The fourth-order valence-electron chi connectivity index (χ4n) is 8.17. The number of fused-ring (bicyclic) bond motifs is 2. The second-order valence-electron chi connectivity index (χ2n) is 14.7. The first-order chi connectivity index (χ1) is 24.6. The zero-order chi connectivity index (χ0) is 36.2. The molecular weight excluding hydrogens is 644 g/mol. The molecule has 6 rings (SSSR count). The summed E-state index contributed by atoms with van der Waals surface area (Å²) in [6.07, 6.45) is 16.7. The lowest BCUT2D eigenvalue weighted by Crippen LogP contribution is -2.51. The van der Waals surface area contributed by atoms with Crippen LogP contribution in [-0.4, -0.2) is 65.9 Å². The van der Waals surface area contributed by atoms with E-state index in [1.807, 2.05) is 19.1 Å². The predicted molar refractivity (Wildman–Crippen MR) is 197 cm³/mol. The number of epoxide rings is 1. The van der Waals surface area contributed by atoms with Gasteiger partial charge in [0.1, 0.15) is 5.82 Å². The fraction of sp³-hybridized carbons (Fsp3) is 0.525. The van der Waals surface area contributed by atoms with Crippen LogP contribution in [0.25, 0.3) is 0 Å². The van der Waals surface area contributed by atoms with Gasteiger partial charge in [-0.1, -0.05) is 74.3 Å². The van der Waals surface area contributed by atoms with Crippen LogP contribution in [0.1, 0.15) is 104 Å². The number of hydrogen-bond acceptors (Lipinski definition) is 9. The Hall–Kier alpha value is -4.35. The van der Waals surface area contributed by atoms with Gasteiger partial charge in [0.15, 0.2) is 17.3 Å². The van der Waals surface area contributed by atoms with Gasteiger partial charge in [0.25, 0.3) is 5.60 Å². The Bertz CT molecular complexity index is 1720. The molecule has 11 nitrogen and oxygen atoms in total. The summed E-state index contributed by atoms with van der Waals surface area (Å²) in [6.45, 7) is 5.14. The third-order valence-corrected chi connectivity index (χ3v) is 11.3. The number of aromatic nitrogens is 1. The Labute approximate surface area is 300 Å². The fourth-order valence-corrected chi connectivity index (χ4v) is 8.17. The van der Waals surface area contributed by atoms with E-state index in [1.54, 1.807) is 43.6 Å².